The summed E-state index contributed by atoms with van der Waals surface area (Å²) in [5, 5.41) is 0. The van der Waals surface area contributed by atoms with Crippen LogP contribution in [-0.4, -0.2) is 19.9 Å². The summed E-state index contributed by atoms with van der Waals surface area (Å²) in [6.07, 6.45) is 17.8. The molecule has 0 spiro atoms. The molecule has 0 bridgehead atoms. The van der Waals surface area contributed by atoms with Gasteiger partial charge in [-0.1, -0.05) is 151 Å². The van der Waals surface area contributed by atoms with Gasteiger partial charge in [-0.2, -0.15) is 0 Å². The van der Waals surface area contributed by atoms with Crippen molar-refractivity contribution in [2.75, 3.05) is 0 Å². The number of aryl methyl sites for hydroxylation is 2. The van der Waals surface area contributed by atoms with E-state index in [1.54, 1.807) is 0 Å². The zero-order valence-electron chi connectivity index (χ0n) is 27.9. The molecule has 6 aromatic rings. The minimum absolute atomic E-state index is 0.918. The van der Waals surface area contributed by atoms with Crippen LogP contribution in [0, 0.1) is 0 Å². The summed E-state index contributed by atoms with van der Waals surface area (Å²) >= 11 is 0. The Balaban J connectivity index is 1.28. The van der Waals surface area contributed by atoms with E-state index in [2.05, 4.69) is 109 Å². The fraction of sp³-hybridized carbons (Fsp3) is 0.381. The number of para-hydroxylation sites is 2. The van der Waals surface area contributed by atoms with Crippen LogP contribution in [0.25, 0.3) is 56.0 Å². The number of rotatable bonds is 17. The molecule has 2 N–H and O–H groups in total. The molecule has 0 amide bonds. The first-order valence-electron chi connectivity index (χ1n) is 17.9. The fourth-order valence-electron chi connectivity index (χ4n) is 6.88. The average molecular weight is 611 g/mol. The lowest BCUT2D eigenvalue weighted by Crippen LogP contribution is -1.91. The molecule has 0 saturated heterocycles. The molecule has 2 heterocycles. The summed E-state index contributed by atoms with van der Waals surface area (Å²) in [6, 6.07) is 30.4. The molecule has 0 aliphatic heterocycles. The maximum atomic E-state index is 5.22. The number of imidazole rings is 2. The van der Waals surface area contributed by atoms with E-state index in [4.69, 9.17) is 9.97 Å². The highest BCUT2D eigenvalue weighted by atomic mass is 14.9. The van der Waals surface area contributed by atoms with Gasteiger partial charge in [0, 0.05) is 11.1 Å². The molecule has 0 saturated carbocycles. The molecule has 0 unspecified atom stereocenters. The highest BCUT2D eigenvalue weighted by Crippen LogP contribution is 2.38. The largest absolute Gasteiger partial charge is 0.338 e. The second-order valence-corrected chi connectivity index (χ2v) is 12.9. The van der Waals surface area contributed by atoms with E-state index in [1.807, 2.05) is 0 Å². The third kappa shape index (κ3) is 7.44. The summed E-state index contributed by atoms with van der Waals surface area (Å²) in [6.45, 7) is 4.55. The first-order chi connectivity index (χ1) is 22.8. The van der Waals surface area contributed by atoms with E-state index in [9.17, 15) is 0 Å². The Hall–Kier alpha value is -4.18. The van der Waals surface area contributed by atoms with Crippen LogP contribution in [-0.2, 0) is 12.8 Å². The van der Waals surface area contributed by atoms with Crippen LogP contribution in [0.5, 0.6) is 0 Å². The molecule has 238 valence electrons. The van der Waals surface area contributed by atoms with Crippen LogP contribution in [0.15, 0.2) is 84.9 Å². The summed E-state index contributed by atoms with van der Waals surface area (Å²) in [5.74, 6) is 1.84. The van der Waals surface area contributed by atoms with Crippen molar-refractivity contribution in [3.63, 3.8) is 0 Å². The number of H-pyrrole nitrogens is 2. The molecule has 4 aromatic carbocycles. The van der Waals surface area contributed by atoms with Crippen molar-refractivity contribution >= 4 is 22.1 Å². The van der Waals surface area contributed by atoms with Gasteiger partial charge in [-0.3, -0.25) is 0 Å². The number of unbranched alkanes of at least 4 members (excludes halogenated alkanes) is 10. The van der Waals surface area contributed by atoms with Crippen LogP contribution < -0.4 is 0 Å². The molecule has 4 heteroatoms. The third-order valence-corrected chi connectivity index (χ3v) is 9.45. The van der Waals surface area contributed by atoms with Crippen LogP contribution in [0.3, 0.4) is 0 Å². The molecule has 0 fully saturated rings. The lowest BCUT2D eigenvalue weighted by Gasteiger charge is -2.11. The van der Waals surface area contributed by atoms with Crippen molar-refractivity contribution in [1.82, 2.24) is 19.9 Å². The van der Waals surface area contributed by atoms with Gasteiger partial charge in [0.25, 0.3) is 0 Å². The van der Waals surface area contributed by atoms with Gasteiger partial charge in [-0.05, 0) is 60.1 Å². The molecule has 2 aromatic heterocycles. The summed E-state index contributed by atoms with van der Waals surface area (Å²) < 4.78 is 0. The number of nitrogens with zero attached hydrogens (tertiary/aromatic N) is 2. The number of aromatic amines is 2. The first-order valence-corrected chi connectivity index (χ1v) is 17.9. The molecular weight excluding hydrogens is 560 g/mol. The Morgan fingerprint density at radius 3 is 1.24 bits per heavy atom. The summed E-state index contributed by atoms with van der Waals surface area (Å²) in [4.78, 5) is 17.8. The monoisotopic (exact) mass is 610 g/mol. The maximum Gasteiger partial charge on any atom is 0.139 e. The normalized spacial score (nSPS) is 11.6. The second-order valence-electron chi connectivity index (χ2n) is 12.9. The Morgan fingerprint density at radius 2 is 0.804 bits per heavy atom. The SMILES string of the molecule is CCCCCCCCc1cccc2[nH]c(-c3ccccc3-c3ccccc3-c3nc4c(CCCCCCCC)cccc4[nH]3)nc12. The van der Waals surface area contributed by atoms with Crippen molar-refractivity contribution in [3.8, 4) is 33.9 Å². The molecular formula is C42H50N4. The topological polar surface area (TPSA) is 57.4 Å². The molecule has 0 atom stereocenters. The average Bonchev–Trinajstić information content (AvgIpc) is 3.74. The lowest BCUT2D eigenvalue weighted by atomic mass is 9.94. The Morgan fingerprint density at radius 1 is 0.413 bits per heavy atom. The highest BCUT2D eigenvalue weighted by Gasteiger charge is 2.18. The molecule has 0 radical (unpaired) electrons. The molecule has 4 nitrogen and oxygen atoms in total. The number of hydrogen-bond donors (Lipinski definition) is 2. The van der Waals surface area contributed by atoms with Gasteiger partial charge in [0.2, 0.25) is 0 Å². The van der Waals surface area contributed by atoms with Gasteiger partial charge in [-0.25, -0.2) is 9.97 Å². The zero-order chi connectivity index (χ0) is 31.6. The minimum Gasteiger partial charge on any atom is -0.338 e. The van der Waals surface area contributed by atoms with E-state index in [1.165, 1.54) is 88.2 Å². The van der Waals surface area contributed by atoms with Gasteiger partial charge >= 0.3 is 0 Å². The molecule has 0 aliphatic carbocycles. The van der Waals surface area contributed by atoms with Crippen LogP contribution in [0.4, 0.5) is 0 Å². The zero-order valence-corrected chi connectivity index (χ0v) is 27.9. The van der Waals surface area contributed by atoms with E-state index < -0.39 is 0 Å². The summed E-state index contributed by atoms with van der Waals surface area (Å²) in [7, 11) is 0. The van der Waals surface area contributed by atoms with Crippen molar-refractivity contribution in [2.24, 2.45) is 0 Å². The van der Waals surface area contributed by atoms with Gasteiger partial charge in [0.05, 0.1) is 22.1 Å². The first kappa shape index (κ1) is 31.8. The van der Waals surface area contributed by atoms with Gasteiger partial charge < -0.3 is 9.97 Å². The third-order valence-electron chi connectivity index (χ3n) is 9.45. The van der Waals surface area contributed by atoms with E-state index in [0.29, 0.717) is 0 Å². The van der Waals surface area contributed by atoms with Crippen molar-refractivity contribution in [1.29, 1.82) is 0 Å². The number of fused-ring (bicyclic) bond motifs is 2. The van der Waals surface area contributed by atoms with Gasteiger partial charge in [-0.15, -0.1) is 0 Å². The predicted octanol–water partition coefficient (Wildman–Crippen LogP) is 12.2. The molecule has 46 heavy (non-hydrogen) atoms. The number of benzene rings is 4. The summed E-state index contributed by atoms with van der Waals surface area (Å²) in [5.41, 5.74) is 11.6. The number of hydrogen-bond acceptors (Lipinski definition) is 2. The second kappa shape index (κ2) is 15.9. The van der Waals surface area contributed by atoms with Gasteiger partial charge in [0.1, 0.15) is 11.6 Å². The van der Waals surface area contributed by atoms with Crippen LogP contribution in [0.2, 0.25) is 0 Å². The quantitative estimate of drug-likeness (QED) is 0.101. The van der Waals surface area contributed by atoms with E-state index in [-0.39, 0.29) is 0 Å². The Bertz CT molecular complexity index is 1710. The highest BCUT2D eigenvalue weighted by molar-refractivity contribution is 5.93. The van der Waals surface area contributed by atoms with Crippen molar-refractivity contribution in [3.05, 3.63) is 96.1 Å². The van der Waals surface area contributed by atoms with E-state index in [0.717, 1.165) is 68.8 Å². The van der Waals surface area contributed by atoms with Gasteiger partial charge in [0.15, 0.2) is 0 Å². The predicted molar refractivity (Wildman–Crippen MR) is 196 cm³/mol. The fourth-order valence-corrected chi connectivity index (χ4v) is 6.88. The van der Waals surface area contributed by atoms with Crippen molar-refractivity contribution in [2.45, 2.75) is 104 Å². The minimum atomic E-state index is 0.918. The molecule has 0 aliphatic rings. The van der Waals surface area contributed by atoms with Crippen molar-refractivity contribution < 1.29 is 0 Å². The number of nitrogens with one attached hydrogen (secondary N) is 2. The maximum absolute atomic E-state index is 5.22. The smallest absolute Gasteiger partial charge is 0.139 e. The van der Waals surface area contributed by atoms with Crippen LogP contribution in [0.1, 0.15) is 102 Å². The Kier molecular flexibility index (Phi) is 11.0. The van der Waals surface area contributed by atoms with E-state index >= 15 is 0 Å². The lowest BCUT2D eigenvalue weighted by molar-refractivity contribution is 0.608. The number of aromatic nitrogens is 4. The standard InChI is InChI=1S/C42H50N4/c1-3-5-7-9-11-13-21-31-23-19-29-37-39(31)45-41(43-37)35-27-17-15-25-33(35)34-26-16-18-28-36(34)42-44-38-30-20-24-32(40(38)46-42)22-14-12-10-8-6-4-2/h15-20,23-30H,3-14,21-22H2,1-2H3,(H,43,45)(H,44,46). The molecule has 6 rings (SSSR count). The van der Waals surface area contributed by atoms with Crippen LogP contribution >= 0.6 is 0 Å². The Labute approximate surface area is 275 Å².